The Hall–Kier alpha value is -1.07. The molecule has 0 saturated carbocycles. The van der Waals surface area contributed by atoms with Gasteiger partial charge < -0.3 is 14.8 Å². The minimum absolute atomic E-state index is 0.0525. The average Bonchev–Trinajstić information content (AvgIpc) is 2.77. The summed E-state index contributed by atoms with van der Waals surface area (Å²) in [4.78, 5) is 14.1. The molecule has 0 bridgehead atoms. The number of carbonyl (C=O) groups is 1. The van der Waals surface area contributed by atoms with Gasteiger partial charge in [0.15, 0.2) is 0 Å². The van der Waals surface area contributed by atoms with Crippen LogP contribution in [0.15, 0.2) is 0 Å². The lowest BCUT2D eigenvalue weighted by atomic mass is 9.98. The van der Waals surface area contributed by atoms with Gasteiger partial charge in [-0.2, -0.15) is 0 Å². The number of methoxy groups -OCH3 is 2. The molecule has 0 fully saturated rings. The molecular weight excluding hydrogens is 250 g/mol. The fourth-order valence-electron chi connectivity index (χ4n) is 2.25. The van der Waals surface area contributed by atoms with Crippen molar-refractivity contribution in [1.29, 1.82) is 0 Å². The number of thiophene rings is 1. The van der Waals surface area contributed by atoms with Gasteiger partial charge in [0.25, 0.3) is 5.91 Å². The van der Waals surface area contributed by atoms with Gasteiger partial charge in [0.2, 0.25) is 0 Å². The van der Waals surface area contributed by atoms with E-state index in [2.05, 4.69) is 5.32 Å². The third-order valence-corrected chi connectivity index (χ3v) is 4.40. The third-order valence-electron chi connectivity index (χ3n) is 3.12. The van der Waals surface area contributed by atoms with Crippen LogP contribution in [0, 0.1) is 0 Å². The normalized spacial score (nSPS) is 14.1. The summed E-state index contributed by atoms with van der Waals surface area (Å²) < 4.78 is 10.4. The van der Waals surface area contributed by atoms with Crippen LogP contribution in [0.3, 0.4) is 0 Å². The van der Waals surface area contributed by atoms with Crippen molar-refractivity contribution in [2.45, 2.75) is 25.7 Å². The molecule has 4 nitrogen and oxygen atoms in total. The molecule has 0 atom stereocenters. The summed E-state index contributed by atoms with van der Waals surface area (Å²) in [6.07, 6.45) is 4.49. The van der Waals surface area contributed by atoms with Crippen LogP contribution in [-0.2, 0) is 17.6 Å². The first-order valence-electron chi connectivity index (χ1n) is 6.23. The lowest BCUT2D eigenvalue weighted by Gasteiger charge is -2.11. The first kappa shape index (κ1) is 13.4. The molecule has 0 spiro atoms. The van der Waals surface area contributed by atoms with Crippen molar-refractivity contribution in [3.8, 4) is 5.75 Å². The van der Waals surface area contributed by atoms with Crippen LogP contribution in [0.5, 0.6) is 5.75 Å². The molecule has 1 heterocycles. The van der Waals surface area contributed by atoms with Crippen LogP contribution < -0.4 is 10.1 Å². The highest BCUT2D eigenvalue weighted by atomic mass is 32.1. The standard InChI is InChI=1S/C13H19NO3S/c1-16-8-7-14-13(15)12-11(17-2)9-5-3-4-6-10(9)18-12/h3-8H2,1-2H3,(H,14,15). The number of hydrogen-bond acceptors (Lipinski definition) is 4. The van der Waals surface area contributed by atoms with Crippen molar-refractivity contribution in [3.05, 3.63) is 15.3 Å². The number of fused-ring (bicyclic) bond motifs is 1. The SMILES string of the molecule is COCCNC(=O)c1sc2c(c1OC)CCCC2. The van der Waals surface area contributed by atoms with E-state index in [0.717, 1.165) is 18.6 Å². The minimum Gasteiger partial charge on any atom is -0.495 e. The monoisotopic (exact) mass is 269 g/mol. The van der Waals surface area contributed by atoms with E-state index in [4.69, 9.17) is 9.47 Å². The fourth-order valence-corrected chi connectivity index (χ4v) is 3.52. The van der Waals surface area contributed by atoms with E-state index in [1.165, 1.54) is 23.3 Å². The van der Waals surface area contributed by atoms with Crippen molar-refractivity contribution in [2.24, 2.45) is 0 Å². The molecule has 1 aromatic heterocycles. The summed E-state index contributed by atoms with van der Waals surface area (Å²) in [5.41, 5.74) is 1.24. The van der Waals surface area contributed by atoms with Crippen LogP contribution in [0.1, 0.15) is 33.0 Å². The van der Waals surface area contributed by atoms with Gasteiger partial charge >= 0.3 is 0 Å². The molecule has 1 aliphatic carbocycles. The summed E-state index contributed by atoms with van der Waals surface area (Å²) in [5.74, 6) is 0.730. The second kappa shape index (κ2) is 6.20. The number of aryl methyl sites for hydroxylation is 1. The predicted molar refractivity (Wildman–Crippen MR) is 71.7 cm³/mol. The quantitative estimate of drug-likeness (QED) is 0.832. The Morgan fingerprint density at radius 1 is 1.33 bits per heavy atom. The van der Waals surface area contributed by atoms with Gasteiger partial charge in [0.1, 0.15) is 10.6 Å². The van der Waals surface area contributed by atoms with Crippen molar-refractivity contribution >= 4 is 17.2 Å². The van der Waals surface area contributed by atoms with Gasteiger partial charge in [0, 0.05) is 24.1 Å². The summed E-state index contributed by atoms with van der Waals surface area (Å²) >= 11 is 1.57. The second-order valence-corrected chi connectivity index (χ2v) is 5.43. The van der Waals surface area contributed by atoms with E-state index in [9.17, 15) is 4.79 Å². The van der Waals surface area contributed by atoms with E-state index in [1.54, 1.807) is 25.6 Å². The molecule has 5 heteroatoms. The summed E-state index contributed by atoms with van der Waals surface area (Å²) in [5, 5.41) is 2.85. The number of hydrogen-bond donors (Lipinski definition) is 1. The largest absolute Gasteiger partial charge is 0.495 e. The molecule has 18 heavy (non-hydrogen) atoms. The van der Waals surface area contributed by atoms with Gasteiger partial charge in [-0.05, 0) is 25.7 Å². The Bertz CT molecular complexity index is 428. The Labute approximate surface area is 111 Å². The van der Waals surface area contributed by atoms with Gasteiger partial charge in [-0.1, -0.05) is 0 Å². The molecule has 0 aliphatic heterocycles. The zero-order chi connectivity index (χ0) is 13.0. The Morgan fingerprint density at radius 2 is 2.11 bits per heavy atom. The van der Waals surface area contributed by atoms with Crippen molar-refractivity contribution < 1.29 is 14.3 Å². The third kappa shape index (κ3) is 2.67. The van der Waals surface area contributed by atoms with Crippen LogP contribution in [-0.4, -0.2) is 33.3 Å². The van der Waals surface area contributed by atoms with Crippen LogP contribution >= 0.6 is 11.3 Å². The number of nitrogens with one attached hydrogen (secondary N) is 1. The number of rotatable bonds is 5. The van der Waals surface area contributed by atoms with E-state index < -0.39 is 0 Å². The summed E-state index contributed by atoms with van der Waals surface area (Å²) in [6, 6.07) is 0. The molecule has 0 saturated heterocycles. The Morgan fingerprint density at radius 3 is 2.83 bits per heavy atom. The second-order valence-electron chi connectivity index (χ2n) is 4.32. The maximum atomic E-state index is 12.1. The van der Waals surface area contributed by atoms with Gasteiger partial charge in [-0.25, -0.2) is 0 Å². The lowest BCUT2D eigenvalue weighted by molar-refractivity contribution is 0.0938. The lowest BCUT2D eigenvalue weighted by Crippen LogP contribution is -2.26. The number of ether oxygens (including phenoxy) is 2. The molecule has 0 aromatic carbocycles. The molecule has 0 unspecified atom stereocenters. The highest BCUT2D eigenvalue weighted by molar-refractivity contribution is 7.14. The van der Waals surface area contributed by atoms with E-state index in [0.29, 0.717) is 18.0 Å². The highest BCUT2D eigenvalue weighted by Gasteiger charge is 2.24. The molecule has 0 radical (unpaired) electrons. The number of amides is 1. The van der Waals surface area contributed by atoms with Gasteiger partial charge in [0.05, 0.1) is 13.7 Å². The first-order chi connectivity index (χ1) is 8.77. The van der Waals surface area contributed by atoms with E-state index in [-0.39, 0.29) is 5.91 Å². The minimum atomic E-state index is -0.0525. The summed E-state index contributed by atoms with van der Waals surface area (Å²) in [7, 11) is 3.26. The zero-order valence-corrected chi connectivity index (χ0v) is 11.7. The van der Waals surface area contributed by atoms with Gasteiger partial charge in [-0.15, -0.1) is 11.3 Å². The molecule has 1 aliphatic rings. The molecule has 2 rings (SSSR count). The predicted octanol–water partition coefficient (Wildman–Crippen LogP) is 2.01. The van der Waals surface area contributed by atoms with Gasteiger partial charge in [-0.3, -0.25) is 4.79 Å². The summed E-state index contributed by atoms with van der Waals surface area (Å²) in [6.45, 7) is 1.06. The molecule has 1 amide bonds. The Balaban J connectivity index is 2.16. The average molecular weight is 269 g/mol. The topological polar surface area (TPSA) is 47.6 Å². The molecular formula is C13H19NO3S. The van der Waals surface area contributed by atoms with Crippen LogP contribution in [0.4, 0.5) is 0 Å². The maximum Gasteiger partial charge on any atom is 0.265 e. The Kier molecular flexibility index (Phi) is 4.60. The molecule has 1 N–H and O–H groups in total. The maximum absolute atomic E-state index is 12.1. The molecule has 100 valence electrons. The van der Waals surface area contributed by atoms with E-state index in [1.807, 2.05) is 0 Å². The zero-order valence-electron chi connectivity index (χ0n) is 10.9. The van der Waals surface area contributed by atoms with Crippen molar-refractivity contribution in [1.82, 2.24) is 5.32 Å². The van der Waals surface area contributed by atoms with Crippen LogP contribution in [0.25, 0.3) is 0 Å². The van der Waals surface area contributed by atoms with Crippen molar-refractivity contribution in [2.75, 3.05) is 27.4 Å². The molecule has 1 aromatic rings. The van der Waals surface area contributed by atoms with Crippen molar-refractivity contribution in [3.63, 3.8) is 0 Å². The fraction of sp³-hybridized carbons (Fsp3) is 0.615. The highest BCUT2D eigenvalue weighted by Crippen LogP contribution is 2.39. The van der Waals surface area contributed by atoms with E-state index >= 15 is 0 Å². The van der Waals surface area contributed by atoms with Crippen LogP contribution in [0.2, 0.25) is 0 Å². The first-order valence-corrected chi connectivity index (χ1v) is 7.05. The number of carbonyl (C=O) groups excluding carboxylic acids is 1. The smallest absolute Gasteiger partial charge is 0.265 e.